The van der Waals surface area contributed by atoms with E-state index in [0.717, 1.165) is 0 Å². The number of hydrogen-bond donors (Lipinski definition) is 2. The minimum Gasteiger partial charge on any atom is -0.481 e. The van der Waals surface area contributed by atoms with Crippen LogP contribution in [-0.2, 0) is 9.59 Å². The van der Waals surface area contributed by atoms with E-state index in [1.54, 1.807) is 0 Å². The lowest BCUT2D eigenvalue weighted by Gasteiger charge is -2.29. The van der Waals surface area contributed by atoms with E-state index in [1.165, 1.54) is 19.1 Å². The van der Waals surface area contributed by atoms with Gasteiger partial charge in [-0.15, -0.1) is 0 Å². The highest BCUT2D eigenvalue weighted by molar-refractivity contribution is 6.53. The van der Waals surface area contributed by atoms with Gasteiger partial charge in [-0.3, -0.25) is 4.79 Å². The summed E-state index contributed by atoms with van der Waals surface area (Å²) in [7, 11) is 0. The lowest BCUT2D eigenvalue weighted by atomic mass is 9.89. The Labute approximate surface area is 95.8 Å². The van der Waals surface area contributed by atoms with Crippen LogP contribution in [0.25, 0.3) is 0 Å². The molecule has 1 aliphatic carbocycles. The van der Waals surface area contributed by atoms with Crippen molar-refractivity contribution in [1.29, 1.82) is 0 Å². The molecule has 0 heterocycles. The molecule has 1 rings (SSSR count). The van der Waals surface area contributed by atoms with Crippen molar-refractivity contribution in [2.75, 3.05) is 0 Å². The summed E-state index contributed by atoms with van der Waals surface area (Å²) in [6.07, 6.45) is 2.68. The summed E-state index contributed by atoms with van der Waals surface area (Å²) in [5.41, 5.74) is 0.0609. The van der Waals surface area contributed by atoms with Crippen LogP contribution in [0.15, 0.2) is 23.3 Å². The summed E-state index contributed by atoms with van der Waals surface area (Å²) in [6.45, 7) is 1.51. The minimum atomic E-state index is -1.93. The maximum Gasteiger partial charge on any atom is 0.334 e. The molecule has 0 aromatic heterocycles. The van der Waals surface area contributed by atoms with Crippen molar-refractivity contribution in [3.63, 3.8) is 0 Å². The maximum absolute atomic E-state index is 10.9. The largest absolute Gasteiger partial charge is 0.481 e. The predicted octanol–water partition coefficient (Wildman–Crippen LogP) is 1.83. The molecule has 0 amide bonds. The van der Waals surface area contributed by atoms with Gasteiger partial charge in [0, 0.05) is 0 Å². The predicted molar refractivity (Wildman–Crippen MR) is 55.0 cm³/mol. The van der Waals surface area contributed by atoms with E-state index in [1.807, 2.05) is 0 Å². The van der Waals surface area contributed by atoms with Crippen molar-refractivity contribution in [1.82, 2.24) is 0 Å². The summed E-state index contributed by atoms with van der Waals surface area (Å²) in [5, 5.41) is 17.7. The molecule has 0 bridgehead atoms. The van der Waals surface area contributed by atoms with Gasteiger partial charge in [-0.1, -0.05) is 35.4 Å². The second-order valence-corrected chi connectivity index (χ2v) is 4.55. The third kappa shape index (κ3) is 2.01. The summed E-state index contributed by atoms with van der Waals surface area (Å²) < 4.78 is -1.93. The first kappa shape index (κ1) is 12.1. The van der Waals surface area contributed by atoms with Gasteiger partial charge in [-0.2, -0.15) is 0 Å². The molecule has 0 aromatic carbocycles. The number of allylic oxidation sites excluding steroid dienone is 2. The molecule has 0 aliphatic heterocycles. The number of aliphatic carboxylic acids is 2. The number of rotatable bonds is 2. The molecule has 0 saturated carbocycles. The molecule has 1 aliphatic rings. The average Bonchev–Trinajstić information content (AvgIpc) is 1.99. The van der Waals surface area contributed by atoms with Gasteiger partial charge in [0.2, 0.25) is 0 Å². The standard InChI is InChI=1S/C9H8Cl2O4/c1-4-2-3-5(7(12)13)9(10,11)6(4)8(14)15/h2-3,5H,1H3,(H,12,13)(H,14,15). The number of carboxylic acids is 2. The lowest BCUT2D eigenvalue weighted by Crippen LogP contribution is -2.38. The highest BCUT2D eigenvalue weighted by Gasteiger charge is 2.47. The van der Waals surface area contributed by atoms with Crippen LogP contribution in [0.1, 0.15) is 6.92 Å². The van der Waals surface area contributed by atoms with Crippen molar-refractivity contribution in [2.24, 2.45) is 5.92 Å². The van der Waals surface area contributed by atoms with E-state index < -0.39 is 22.2 Å². The second-order valence-electron chi connectivity index (χ2n) is 3.16. The summed E-state index contributed by atoms with van der Waals surface area (Å²) in [5.74, 6) is -3.83. The Kier molecular flexibility index (Phi) is 3.11. The maximum atomic E-state index is 10.9. The Morgan fingerprint density at radius 2 is 1.93 bits per heavy atom. The fraction of sp³-hybridized carbons (Fsp3) is 0.333. The van der Waals surface area contributed by atoms with E-state index in [9.17, 15) is 9.59 Å². The zero-order valence-corrected chi connectivity index (χ0v) is 9.21. The van der Waals surface area contributed by atoms with Gasteiger partial charge in [0.05, 0.1) is 5.57 Å². The molecule has 0 aromatic rings. The molecule has 4 nitrogen and oxygen atoms in total. The third-order valence-corrected chi connectivity index (χ3v) is 2.99. The quantitative estimate of drug-likeness (QED) is 0.734. The van der Waals surface area contributed by atoms with Crippen molar-refractivity contribution >= 4 is 35.1 Å². The number of halogens is 2. The Bertz CT molecular complexity index is 382. The first-order valence-corrected chi connectivity index (χ1v) is 4.77. The second kappa shape index (κ2) is 3.87. The molecule has 15 heavy (non-hydrogen) atoms. The molecular formula is C9H8Cl2O4. The molecular weight excluding hydrogens is 243 g/mol. The van der Waals surface area contributed by atoms with Gasteiger partial charge in [-0.05, 0) is 12.5 Å². The Balaban J connectivity index is 3.29. The summed E-state index contributed by atoms with van der Waals surface area (Å²) >= 11 is 11.6. The average molecular weight is 251 g/mol. The molecule has 2 N–H and O–H groups in total. The number of alkyl halides is 2. The summed E-state index contributed by atoms with van der Waals surface area (Å²) in [6, 6.07) is 0. The van der Waals surface area contributed by atoms with Crippen LogP contribution < -0.4 is 0 Å². The van der Waals surface area contributed by atoms with Gasteiger partial charge in [0.25, 0.3) is 0 Å². The number of carbonyl (C=O) groups is 2. The van der Waals surface area contributed by atoms with Crippen LogP contribution in [-0.4, -0.2) is 26.5 Å². The zero-order chi connectivity index (χ0) is 11.8. The van der Waals surface area contributed by atoms with E-state index >= 15 is 0 Å². The molecule has 1 unspecified atom stereocenters. The van der Waals surface area contributed by atoms with Crippen LogP contribution >= 0.6 is 23.2 Å². The number of carboxylic acid groups (broad SMARTS) is 2. The van der Waals surface area contributed by atoms with Crippen LogP contribution in [0, 0.1) is 5.92 Å². The molecule has 0 spiro atoms. The highest BCUT2D eigenvalue weighted by atomic mass is 35.5. The van der Waals surface area contributed by atoms with Gasteiger partial charge in [0.15, 0.2) is 4.33 Å². The Morgan fingerprint density at radius 3 is 2.33 bits per heavy atom. The number of hydrogen-bond acceptors (Lipinski definition) is 2. The molecule has 0 fully saturated rings. The lowest BCUT2D eigenvalue weighted by molar-refractivity contribution is -0.140. The monoisotopic (exact) mass is 250 g/mol. The fourth-order valence-electron chi connectivity index (χ4n) is 1.41. The van der Waals surface area contributed by atoms with Crippen LogP contribution in [0.4, 0.5) is 0 Å². The smallest absolute Gasteiger partial charge is 0.334 e. The third-order valence-electron chi connectivity index (χ3n) is 2.14. The molecule has 82 valence electrons. The van der Waals surface area contributed by atoms with Crippen LogP contribution in [0.2, 0.25) is 0 Å². The van der Waals surface area contributed by atoms with Crippen LogP contribution in [0.3, 0.4) is 0 Å². The fourth-order valence-corrected chi connectivity index (χ4v) is 2.20. The zero-order valence-electron chi connectivity index (χ0n) is 7.70. The SMILES string of the molecule is CC1=C(C(=O)O)C(Cl)(Cl)C(C(=O)O)C=C1. The summed E-state index contributed by atoms with van der Waals surface area (Å²) in [4.78, 5) is 21.7. The first-order chi connectivity index (χ1) is 6.78. The van der Waals surface area contributed by atoms with Crippen molar-refractivity contribution in [2.45, 2.75) is 11.3 Å². The van der Waals surface area contributed by atoms with E-state index in [0.29, 0.717) is 5.57 Å². The van der Waals surface area contributed by atoms with Crippen molar-refractivity contribution < 1.29 is 19.8 Å². The van der Waals surface area contributed by atoms with Crippen molar-refractivity contribution in [3.05, 3.63) is 23.3 Å². The van der Waals surface area contributed by atoms with Crippen LogP contribution in [0.5, 0.6) is 0 Å². The van der Waals surface area contributed by atoms with E-state index in [2.05, 4.69) is 0 Å². The van der Waals surface area contributed by atoms with Crippen molar-refractivity contribution in [3.8, 4) is 0 Å². The molecule has 1 atom stereocenters. The Morgan fingerprint density at radius 1 is 1.40 bits per heavy atom. The van der Waals surface area contributed by atoms with Gasteiger partial charge >= 0.3 is 11.9 Å². The van der Waals surface area contributed by atoms with Gasteiger partial charge in [0.1, 0.15) is 5.92 Å². The topological polar surface area (TPSA) is 74.6 Å². The molecule has 0 radical (unpaired) electrons. The Hall–Kier alpha value is -1.00. The van der Waals surface area contributed by atoms with E-state index in [4.69, 9.17) is 33.4 Å². The normalized spacial score (nSPS) is 24.1. The highest BCUT2D eigenvalue weighted by Crippen LogP contribution is 2.43. The van der Waals surface area contributed by atoms with Gasteiger partial charge in [-0.25, -0.2) is 4.79 Å². The molecule has 6 heteroatoms. The van der Waals surface area contributed by atoms with Gasteiger partial charge < -0.3 is 10.2 Å². The van der Waals surface area contributed by atoms with E-state index in [-0.39, 0.29) is 5.57 Å². The first-order valence-electron chi connectivity index (χ1n) is 4.02. The minimum absolute atomic E-state index is 0.291. The molecule has 0 saturated heterocycles.